The molecule has 170 valence electrons. The van der Waals surface area contributed by atoms with Gasteiger partial charge >= 0.3 is 11.9 Å². The molecule has 0 aliphatic rings. The Labute approximate surface area is 188 Å². The van der Waals surface area contributed by atoms with E-state index in [1.807, 2.05) is 30.3 Å². The van der Waals surface area contributed by atoms with Gasteiger partial charge in [-0.2, -0.15) is 0 Å². The average Bonchev–Trinajstić information content (AvgIpc) is 2.80. The summed E-state index contributed by atoms with van der Waals surface area (Å²) in [7, 11) is 0. The first-order chi connectivity index (χ1) is 15.6. The summed E-state index contributed by atoms with van der Waals surface area (Å²) in [6.07, 6.45) is 1.23. The minimum Gasteiger partial charge on any atom is -0.492 e. The van der Waals surface area contributed by atoms with Crippen LogP contribution in [0, 0.1) is 0 Å². The summed E-state index contributed by atoms with van der Waals surface area (Å²) >= 11 is 0. The van der Waals surface area contributed by atoms with E-state index in [0.29, 0.717) is 24.7 Å². The second-order valence-electron chi connectivity index (χ2n) is 7.24. The van der Waals surface area contributed by atoms with E-state index < -0.39 is 0 Å². The van der Waals surface area contributed by atoms with Gasteiger partial charge in [0.05, 0.1) is 39.3 Å². The van der Waals surface area contributed by atoms with Gasteiger partial charge in [0, 0.05) is 21.5 Å². The molecule has 0 atom stereocenters. The summed E-state index contributed by atoms with van der Waals surface area (Å²) in [6, 6.07) is 14.0. The molecule has 0 unspecified atom stereocenters. The van der Waals surface area contributed by atoms with Crippen LogP contribution in [0.15, 0.2) is 42.5 Å². The number of benzene rings is 3. The van der Waals surface area contributed by atoms with E-state index in [2.05, 4.69) is 19.1 Å². The van der Waals surface area contributed by atoms with E-state index in [-0.39, 0.29) is 38.0 Å². The summed E-state index contributed by atoms with van der Waals surface area (Å²) in [4.78, 5) is 23.5. The largest absolute Gasteiger partial charge is 0.492 e. The summed E-state index contributed by atoms with van der Waals surface area (Å²) in [6.45, 7) is 6.80. The number of ether oxygens (including phenoxy) is 4. The molecular weight excluding hydrogens is 408 g/mol. The Hall–Kier alpha value is -3.28. The van der Waals surface area contributed by atoms with E-state index in [4.69, 9.17) is 18.9 Å². The molecule has 32 heavy (non-hydrogen) atoms. The summed E-state index contributed by atoms with van der Waals surface area (Å²) in [5, 5.41) is 3.59. The standard InChI is InChI=1S/C26H30O6/c1-4-18-11-12-21-22(17-18)26(32-16-14-24(28)30-6-3)20-10-8-7-9-19(20)25(21)31-15-13-23(27)29-5-2/h7-12,17H,4-6,13-16H2,1-3H3. The average molecular weight is 439 g/mol. The number of carbonyl (C=O) groups excluding carboxylic acids is 2. The van der Waals surface area contributed by atoms with Crippen LogP contribution in [0.3, 0.4) is 0 Å². The van der Waals surface area contributed by atoms with Crippen molar-refractivity contribution in [2.75, 3.05) is 26.4 Å². The van der Waals surface area contributed by atoms with Crippen LogP contribution in [-0.2, 0) is 25.5 Å². The second kappa shape index (κ2) is 11.4. The quantitative estimate of drug-likeness (QED) is 0.302. The van der Waals surface area contributed by atoms with Crippen molar-refractivity contribution in [2.45, 2.75) is 40.0 Å². The van der Waals surface area contributed by atoms with E-state index in [0.717, 1.165) is 28.0 Å². The van der Waals surface area contributed by atoms with Crippen molar-refractivity contribution in [1.29, 1.82) is 0 Å². The molecule has 0 N–H and O–H groups in total. The molecule has 3 aromatic carbocycles. The zero-order chi connectivity index (χ0) is 22.9. The Morgan fingerprint density at radius 3 is 1.69 bits per heavy atom. The van der Waals surface area contributed by atoms with Gasteiger partial charge in [-0.1, -0.05) is 43.3 Å². The number of aryl methyl sites for hydroxylation is 1. The van der Waals surface area contributed by atoms with Gasteiger partial charge in [-0.25, -0.2) is 0 Å². The zero-order valence-corrected chi connectivity index (χ0v) is 18.9. The highest BCUT2D eigenvalue weighted by molar-refractivity contribution is 6.11. The second-order valence-corrected chi connectivity index (χ2v) is 7.24. The van der Waals surface area contributed by atoms with Gasteiger partial charge < -0.3 is 18.9 Å². The van der Waals surface area contributed by atoms with Gasteiger partial charge in [-0.15, -0.1) is 0 Å². The van der Waals surface area contributed by atoms with Crippen LogP contribution in [0.5, 0.6) is 11.5 Å². The van der Waals surface area contributed by atoms with E-state index in [9.17, 15) is 9.59 Å². The number of hydrogen-bond donors (Lipinski definition) is 0. The predicted octanol–water partition coefficient (Wildman–Crippen LogP) is 5.22. The SMILES string of the molecule is CCOC(=O)CCOc1c2ccccc2c(OCCC(=O)OCC)c2cc(CC)ccc12. The van der Waals surface area contributed by atoms with Gasteiger partial charge in [0.25, 0.3) is 0 Å². The lowest BCUT2D eigenvalue weighted by molar-refractivity contribution is -0.144. The van der Waals surface area contributed by atoms with Crippen molar-refractivity contribution >= 4 is 33.5 Å². The van der Waals surface area contributed by atoms with Crippen LogP contribution in [0.25, 0.3) is 21.5 Å². The van der Waals surface area contributed by atoms with Crippen molar-refractivity contribution in [1.82, 2.24) is 0 Å². The van der Waals surface area contributed by atoms with Crippen LogP contribution in [0.2, 0.25) is 0 Å². The van der Waals surface area contributed by atoms with Gasteiger partial charge in [-0.05, 0) is 31.9 Å². The highest BCUT2D eigenvalue weighted by Gasteiger charge is 2.17. The van der Waals surface area contributed by atoms with Gasteiger partial charge in [-0.3, -0.25) is 9.59 Å². The number of hydrogen-bond acceptors (Lipinski definition) is 6. The maximum atomic E-state index is 11.8. The molecule has 0 aromatic heterocycles. The van der Waals surface area contributed by atoms with Crippen LogP contribution in [0.1, 0.15) is 39.2 Å². The molecule has 0 spiro atoms. The lowest BCUT2D eigenvalue weighted by Gasteiger charge is -2.18. The van der Waals surface area contributed by atoms with E-state index in [1.165, 1.54) is 5.56 Å². The number of rotatable bonds is 11. The molecule has 0 aliphatic carbocycles. The van der Waals surface area contributed by atoms with Crippen molar-refractivity contribution in [3.63, 3.8) is 0 Å². The molecule has 0 fully saturated rings. The fraction of sp³-hybridized carbons (Fsp3) is 0.385. The minimum absolute atomic E-state index is 0.175. The Bertz CT molecular complexity index is 1090. The Morgan fingerprint density at radius 2 is 1.19 bits per heavy atom. The molecule has 6 heteroatoms. The first kappa shape index (κ1) is 23.4. The molecule has 0 radical (unpaired) electrons. The molecule has 0 saturated carbocycles. The first-order valence-corrected chi connectivity index (χ1v) is 11.1. The lowest BCUT2D eigenvalue weighted by Crippen LogP contribution is -2.11. The van der Waals surface area contributed by atoms with Gasteiger partial charge in [0.2, 0.25) is 0 Å². The molecule has 3 aromatic rings. The normalized spacial score (nSPS) is 10.8. The van der Waals surface area contributed by atoms with Crippen molar-refractivity contribution in [3.8, 4) is 11.5 Å². The molecule has 0 heterocycles. The minimum atomic E-state index is -0.284. The number of fused-ring (bicyclic) bond motifs is 2. The molecule has 0 aliphatic heterocycles. The predicted molar refractivity (Wildman–Crippen MR) is 124 cm³/mol. The molecule has 0 bridgehead atoms. The lowest BCUT2D eigenvalue weighted by atomic mass is 9.98. The fourth-order valence-electron chi connectivity index (χ4n) is 3.62. The van der Waals surface area contributed by atoms with Crippen LogP contribution < -0.4 is 9.47 Å². The van der Waals surface area contributed by atoms with Crippen molar-refractivity contribution in [3.05, 3.63) is 48.0 Å². The van der Waals surface area contributed by atoms with E-state index in [1.54, 1.807) is 13.8 Å². The smallest absolute Gasteiger partial charge is 0.309 e. The molecular formula is C26H30O6. The van der Waals surface area contributed by atoms with Gasteiger partial charge in [0.1, 0.15) is 11.5 Å². The van der Waals surface area contributed by atoms with Crippen LogP contribution >= 0.6 is 0 Å². The molecule has 6 nitrogen and oxygen atoms in total. The van der Waals surface area contributed by atoms with Crippen molar-refractivity contribution in [2.24, 2.45) is 0 Å². The number of carbonyl (C=O) groups is 2. The third-order valence-corrected chi connectivity index (χ3v) is 5.11. The zero-order valence-electron chi connectivity index (χ0n) is 18.9. The molecule has 3 rings (SSSR count). The third-order valence-electron chi connectivity index (χ3n) is 5.11. The highest BCUT2D eigenvalue weighted by atomic mass is 16.5. The van der Waals surface area contributed by atoms with Crippen LogP contribution in [0.4, 0.5) is 0 Å². The Kier molecular flexibility index (Phi) is 8.31. The highest BCUT2D eigenvalue weighted by Crippen LogP contribution is 2.43. The summed E-state index contributed by atoms with van der Waals surface area (Å²) in [5.41, 5.74) is 1.17. The molecule has 0 amide bonds. The fourth-order valence-corrected chi connectivity index (χ4v) is 3.62. The first-order valence-electron chi connectivity index (χ1n) is 11.1. The summed E-state index contributed by atoms with van der Waals surface area (Å²) < 4.78 is 22.3. The van der Waals surface area contributed by atoms with Gasteiger partial charge in [0.15, 0.2) is 0 Å². The van der Waals surface area contributed by atoms with E-state index >= 15 is 0 Å². The number of esters is 2. The monoisotopic (exact) mass is 438 g/mol. The maximum absolute atomic E-state index is 11.8. The van der Waals surface area contributed by atoms with Crippen molar-refractivity contribution < 1.29 is 28.5 Å². The summed E-state index contributed by atoms with van der Waals surface area (Å²) in [5.74, 6) is 0.857. The maximum Gasteiger partial charge on any atom is 0.309 e. The Balaban J connectivity index is 2.01. The molecule has 0 saturated heterocycles. The third kappa shape index (κ3) is 5.49. The Morgan fingerprint density at radius 1 is 0.688 bits per heavy atom. The topological polar surface area (TPSA) is 71.1 Å². The van der Waals surface area contributed by atoms with Crippen LogP contribution in [-0.4, -0.2) is 38.4 Å².